The molecular weight excluding hydrogens is 350 g/mol. The van der Waals surface area contributed by atoms with Gasteiger partial charge in [-0.2, -0.15) is 0 Å². The number of likely N-dealkylation sites (tertiary alicyclic amines) is 1. The molecule has 1 aliphatic heterocycles. The van der Waals surface area contributed by atoms with Gasteiger partial charge in [0.05, 0.1) is 7.11 Å². The molecule has 144 valence electrons. The lowest BCUT2D eigenvalue weighted by molar-refractivity contribution is -0.127. The molecule has 0 aliphatic carbocycles. The normalized spacial score (nSPS) is 14.2. The molecule has 6 heteroatoms. The van der Waals surface area contributed by atoms with E-state index in [1.54, 1.807) is 7.11 Å². The zero-order valence-corrected chi connectivity index (χ0v) is 15.5. The highest BCUT2D eigenvalue weighted by molar-refractivity contribution is 5.78. The molecule has 0 aromatic heterocycles. The Labute approximate surface area is 158 Å². The molecular formula is C21H24F2N2O2. The molecule has 1 amide bonds. The molecule has 1 aliphatic rings. The molecule has 27 heavy (non-hydrogen) atoms. The molecule has 4 nitrogen and oxygen atoms in total. The molecule has 1 fully saturated rings. The topological polar surface area (TPSA) is 32.8 Å². The van der Waals surface area contributed by atoms with Crippen molar-refractivity contribution in [1.29, 1.82) is 0 Å². The smallest absolute Gasteiger partial charge is 0.222 e. The van der Waals surface area contributed by atoms with Crippen molar-refractivity contribution in [2.24, 2.45) is 0 Å². The maximum atomic E-state index is 14.1. The van der Waals surface area contributed by atoms with E-state index in [-0.39, 0.29) is 12.5 Å². The minimum atomic E-state index is -0.453. The number of hydrogen-bond acceptors (Lipinski definition) is 3. The van der Waals surface area contributed by atoms with Gasteiger partial charge in [0.1, 0.15) is 17.4 Å². The number of benzene rings is 2. The van der Waals surface area contributed by atoms with Crippen LogP contribution in [0.4, 0.5) is 8.78 Å². The fourth-order valence-corrected chi connectivity index (χ4v) is 3.31. The van der Waals surface area contributed by atoms with Crippen LogP contribution in [0.15, 0.2) is 42.5 Å². The van der Waals surface area contributed by atoms with Gasteiger partial charge in [-0.25, -0.2) is 8.78 Å². The fourth-order valence-electron chi connectivity index (χ4n) is 3.31. The van der Waals surface area contributed by atoms with Crippen molar-refractivity contribution >= 4 is 5.91 Å². The monoisotopic (exact) mass is 374 g/mol. The van der Waals surface area contributed by atoms with Crippen LogP contribution in [-0.4, -0.2) is 42.5 Å². The molecule has 0 unspecified atom stereocenters. The summed E-state index contributed by atoms with van der Waals surface area (Å²) in [5, 5.41) is 0. The first-order valence-corrected chi connectivity index (χ1v) is 9.12. The van der Waals surface area contributed by atoms with Crippen LogP contribution in [0, 0.1) is 11.6 Å². The van der Waals surface area contributed by atoms with Gasteiger partial charge in [0.25, 0.3) is 0 Å². The number of amides is 1. The first-order valence-electron chi connectivity index (χ1n) is 9.12. The minimum Gasteiger partial charge on any atom is -0.497 e. The SMILES string of the molecule is COc1ccc(CN(CCN2CCCC2=O)Cc2cc(F)ccc2F)cc1. The van der Waals surface area contributed by atoms with Crippen molar-refractivity contribution in [1.82, 2.24) is 9.80 Å². The predicted octanol–water partition coefficient (Wildman–Crippen LogP) is 3.60. The van der Waals surface area contributed by atoms with Crippen LogP contribution >= 0.6 is 0 Å². The molecule has 2 aromatic rings. The first-order chi connectivity index (χ1) is 13.0. The Bertz CT molecular complexity index is 780. The average Bonchev–Trinajstić information content (AvgIpc) is 3.08. The van der Waals surface area contributed by atoms with Crippen LogP contribution < -0.4 is 4.74 Å². The Morgan fingerprint density at radius 1 is 1.11 bits per heavy atom. The lowest BCUT2D eigenvalue weighted by Gasteiger charge is -2.26. The van der Waals surface area contributed by atoms with E-state index < -0.39 is 11.6 Å². The van der Waals surface area contributed by atoms with E-state index >= 15 is 0 Å². The van der Waals surface area contributed by atoms with Crippen molar-refractivity contribution in [3.63, 3.8) is 0 Å². The fraction of sp³-hybridized carbons (Fsp3) is 0.381. The molecule has 0 spiro atoms. The van der Waals surface area contributed by atoms with Crippen molar-refractivity contribution in [2.75, 3.05) is 26.7 Å². The molecule has 0 bridgehead atoms. The second-order valence-corrected chi connectivity index (χ2v) is 6.78. The van der Waals surface area contributed by atoms with Gasteiger partial charge in [0.15, 0.2) is 0 Å². The zero-order chi connectivity index (χ0) is 19.2. The predicted molar refractivity (Wildman–Crippen MR) is 99.3 cm³/mol. The van der Waals surface area contributed by atoms with Gasteiger partial charge >= 0.3 is 0 Å². The lowest BCUT2D eigenvalue weighted by Crippen LogP contribution is -2.35. The molecule has 0 radical (unpaired) electrons. The summed E-state index contributed by atoms with van der Waals surface area (Å²) in [4.78, 5) is 15.7. The molecule has 0 saturated carbocycles. The van der Waals surface area contributed by atoms with Gasteiger partial charge in [-0.3, -0.25) is 9.69 Å². The van der Waals surface area contributed by atoms with E-state index in [0.29, 0.717) is 31.6 Å². The Kier molecular flexibility index (Phi) is 6.40. The highest BCUT2D eigenvalue weighted by atomic mass is 19.1. The second-order valence-electron chi connectivity index (χ2n) is 6.78. The minimum absolute atomic E-state index is 0.163. The lowest BCUT2D eigenvalue weighted by atomic mass is 10.1. The summed E-state index contributed by atoms with van der Waals surface area (Å²) < 4.78 is 32.8. The summed E-state index contributed by atoms with van der Waals surface area (Å²) >= 11 is 0. The van der Waals surface area contributed by atoms with E-state index in [1.165, 1.54) is 6.07 Å². The number of carbonyl (C=O) groups excluding carboxylic acids is 1. The summed E-state index contributed by atoms with van der Waals surface area (Å²) in [6, 6.07) is 11.2. The number of methoxy groups -OCH3 is 1. The van der Waals surface area contributed by atoms with Crippen LogP contribution in [0.2, 0.25) is 0 Å². The maximum Gasteiger partial charge on any atom is 0.222 e. The van der Waals surface area contributed by atoms with Crippen molar-refractivity contribution in [3.8, 4) is 5.75 Å². The van der Waals surface area contributed by atoms with Crippen LogP contribution in [0.25, 0.3) is 0 Å². The molecule has 1 heterocycles. The van der Waals surface area contributed by atoms with E-state index in [2.05, 4.69) is 0 Å². The van der Waals surface area contributed by atoms with Crippen LogP contribution in [-0.2, 0) is 17.9 Å². The van der Waals surface area contributed by atoms with E-state index in [0.717, 1.165) is 36.4 Å². The van der Waals surface area contributed by atoms with Gasteiger partial charge in [-0.15, -0.1) is 0 Å². The highest BCUT2D eigenvalue weighted by Gasteiger charge is 2.21. The second kappa shape index (κ2) is 8.95. The van der Waals surface area contributed by atoms with Gasteiger partial charge in [0.2, 0.25) is 5.91 Å². The Morgan fingerprint density at radius 3 is 2.56 bits per heavy atom. The Balaban J connectivity index is 1.72. The summed E-state index contributed by atoms with van der Waals surface area (Å²) in [5.74, 6) is 0.0550. The third-order valence-corrected chi connectivity index (χ3v) is 4.82. The summed E-state index contributed by atoms with van der Waals surface area (Å²) in [6.07, 6.45) is 1.48. The van der Waals surface area contributed by atoms with E-state index in [9.17, 15) is 13.6 Å². The van der Waals surface area contributed by atoms with E-state index in [4.69, 9.17) is 4.74 Å². The van der Waals surface area contributed by atoms with E-state index in [1.807, 2.05) is 34.1 Å². The quantitative estimate of drug-likeness (QED) is 0.708. The van der Waals surface area contributed by atoms with Gasteiger partial charge < -0.3 is 9.64 Å². The Hall–Kier alpha value is -2.47. The molecule has 0 N–H and O–H groups in total. The number of nitrogens with zero attached hydrogens (tertiary/aromatic N) is 2. The third-order valence-electron chi connectivity index (χ3n) is 4.82. The van der Waals surface area contributed by atoms with Crippen molar-refractivity contribution in [2.45, 2.75) is 25.9 Å². The van der Waals surface area contributed by atoms with Gasteiger partial charge in [-0.05, 0) is 42.3 Å². The average molecular weight is 374 g/mol. The zero-order valence-electron chi connectivity index (χ0n) is 15.5. The number of carbonyl (C=O) groups is 1. The van der Waals surface area contributed by atoms with Crippen LogP contribution in [0.1, 0.15) is 24.0 Å². The molecule has 1 saturated heterocycles. The largest absolute Gasteiger partial charge is 0.497 e. The number of rotatable bonds is 8. The first kappa shape index (κ1) is 19.3. The van der Waals surface area contributed by atoms with Crippen molar-refractivity contribution in [3.05, 3.63) is 65.2 Å². The summed E-state index contributed by atoms with van der Waals surface area (Å²) in [5.41, 5.74) is 1.36. The highest BCUT2D eigenvalue weighted by Crippen LogP contribution is 2.18. The van der Waals surface area contributed by atoms with Crippen LogP contribution in [0.3, 0.4) is 0 Å². The number of halogens is 2. The maximum absolute atomic E-state index is 14.1. The van der Waals surface area contributed by atoms with Crippen LogP contribution in [0.5, 0.6) is 5.75 Å². The third kappa shape index (κ3) is 5.26. The van der Waals surface area contributed by atoms with Gasteiger partial charge in [0, 0.05) is 44.7 Å². The molecule has 3 rings (SSSR count). The Morgan fingerprint density at radius 2 is 1.89 bits per heavy atom. The van der Waals surface area contributed by atoms with Crippen molar-refractivity contribution < 1.29 is 18.3 Å². The molecule has 2 aromatic carbocycles. The standard InChI is InChI=1S/C21H24F2N2O2/c1-27-19-7-4-16(5-8-19)14-24(11-12-25-10-2-3-21(25)26)15-17-13-18(22)6-9-20(17)23/h4-9,13H,2-3,10-12,14-15H2,1H3. The molecule has 0 atom stereocenters. The summed E-state index contributed by atoms with van der Waals surface area (Å²) in [7, 11) is 1.61. The van der Waals surface area contributed by atoms with Gasteiger partial charge in [-0.1, -0.05) is 12.1 Å². The number of hydrogen-bond donors (Lipinski definition) is 0. The summed E-state index contributed by atoms with van der Waals surface area (Å²) in [6.45, 7) is 2.79. The number of ether oxygens (including phenoxy) is 1.